The highest BCUT2D eigenvalue weighted by Gasteiger charge is 2.07. The van der Waals surface area contributed by atoms with E-state index in [9.17, 15) is 0 Å². The van der Waals surface area contributed by atoms with Crippen molar-refractivity contribution in [2.75, 3.05) is 0 Å². The minimum atomic E-state index is -0.0948. The van der Waals surface area contributed by atoms with Crippen molar-refractivity contribution in [3.8, 4) is 0 Å². The van der Waals surface area contributed by atoms with Crippen LogP contribution >= 0.6 is 0 Å². The summed E-state index contributed by atoms with van der Waals surface area (Å²) in [5.74, 6) is 0. The van der Waals surface area contributed by atoms with Crippen molar-refractivity contribution in [3.63, 3.8) is 0 Å². The third kappa shape index (κ3) is 4.13. The van der Waals surface area contributed by atoms with Crippen LogP contribution in [0.5, 0.6) is 0 Å². The van der Waals surface area contributed by atoms with Gasteiger partial charge in [-0.15, -0.1) is 13.2 Å². The van der Waals surface area contributed by atoms with E-state index in [0.29, 0.717) is 10.5 Å². The van der Waals surface area contributed by atoms with Crippen LogP contribution < -0.4 is 0 Å². The molecule has 0 aliphatic rings. The second kappa shape index (κ2) is 6.33. The van der Waals surface area contributed by atoms with Crippen molar-refractivity contribution in [2.24, 2.45) is 0 Å². The van der Waals surface area contributed by atoms with Crippen LogP contribution in [0.1, 0.15) is 13.3 Å². The Bertz CT molecular complexity index is 113. The Morgan fingerprint density at radius 1 is 1.45 bits per heavy atom. The lowest BCUT2D eigenvalue weighted by Crippen LogP contribution is -2.20. The first kappa shape index (κ1) is 10.6. The summed E-state index contributed by atoms with van der Waals surface area (Å²) < 4.78 is 10.6. The molecule has 0 radical (unpaired) electrons. The van der Waals surface area contributed by atoms with Gasteiger partial charge in [0, 0.05) is 0 Å². The lowest BCUT2D eigenvalue weighted by atomic mass is 10.3. The highest BCUT2D eigenvalue weighted by Crippen LogP contribution is 2.04. The Labute approximate surface area is 71.4 Å². The van der Waals surface area contributed by atoms with Gasteiger partial charge in [-0.3, -0.25) is 0 Å². The van der Waals surface area contributed by atoms with E-state index in [2.05, 4.69) is 13.2 Å². The predicted molar refractivity (Wildman–Crippen MR) is 50.4 cm³/mol. The van der Waals surface area contributed by atoms with Crippen molar-refractivity contribution in [1.29, 1.82) is 0 Å². The van der Waals surface area contributed by atoms with Crippen LogP contribution in [0.3, 0.4) is 0 Å². The summed E-state index contributed by atoms with van der Waals surface area (Å²) in [6.07, 6.45) is 4.09. The molecule has 2 nitrogen and oxygen atoms in total. The fraction of sp³-hybridized carbons (Fsp3) is 0.500. The van der Waals surface area contributed by atoms with Crippen molar-refractivity contribution in [1.82, 2.24) is 0 Å². The Kier molecular flexibility index (Phi) is 6.11. The molecule has 0 rings (SSSR count). The lowest BCUT2D eigenvalue weighted by molar-refractivity contribution is -0.0888. The van der Waals surface area contributed by atoms with Gasteiger partial charge < -0.3 is 9.16 Å². The molecule has 0 N–H and O–H groups in total. The maximum Gasteiger partial charge on any atom is 0.149 e. The summed E-state index contributed by atoms with van der Waals surface area (Å²) in [7, 11) is 0.699. The largest absolute Gasteiger partial charge is 0.404 e. The molecule has 0 bridgehead atoms. The van der Waals surface area contributed by atoms with Gasteiger partial charge in [0.05, 0.1) is 6.10 Å². The first-order valence-corrected chi connectivity index (χ1v) is 4.53. The number of hydrogen-bond donors (Lipinski definition) is 0. The van der Waals surface area contributed by atoms with Gasteiger partial charge in [0.15, 0.2) is 0 Å². The predicted octanol–water partition coefficient (Wildman–Crippen LogP) is 0.777. The average molecular weight is 172 g/mol. The van der Waals surface area contributed by atoms with E-state index in [-0.39, 0.29) is 12.4 Å². The van der Waals surface area contributed by atoms with Crippen LogP contribution in [0.15, 0.2) is 25.3 Å². The van der Waals surface area contributed by atoms with Crippen LogP contribution in [0, 0.1) is 0 Å². The Morgan fingerprint density at radius 3 is 2.27 bits per heavy atom. The molecule has 3 heteroatoms. The molecular weight excluding hydrogens is 156 g/mol. The molecule has 11 heavy (non-hydrogen) atoms. The molecule has 0 aliphatic carbocycles. The molecule has 0 saturated carbocycles. The van der Waals surface area contributed by atoms with Gasteiger partial charge in [-0.25, -0.2) is 0 Å². The fourth-order valence-electron chi connectivity index (χ4n) is 0.701. The quantitative estimate of drug-likeness (QED) is 0.335. The van der Waals surface area contributed by atoms with Crippen molar-refractivity contribution < 1.29 is 9.16 Å². The van der Waals surface area contributed by atoms with Gasteiger partial charge in [-0.1, -0.05) is 19.1 Å². The molecule has 64 valence electrons. The number of rotatable bonds is 6. The molecule has 1 unspecified atom stereocenters. The zero-order chi connectivity index (χ0) is 8.69. The maximum absolute atomic E-state index is 5.42. The van der Waals surface area contributed by atoms with Crippen LogP contribution in [-0.4, -0.2) is 22.9 Å². The van der Waals surface area contributed by atoms with E-state index in [1.807, 2.05) is 6.92 Å². The highest BCUT2D eigenvalue weighted by molar-refractivity contribution is 5.98. The summed E-state index contributed by atoms with van der Waals surface area (Å²) in [6.45, 7) is 9.25. The Balaban J connectivity index is 3.76. The zero-order valence-corrected chi connectivity index (χ0v) is 9.25. The molecule has 0 spiro atoms. The van der Waals surface area contributed by atoms with Gasteiger partial charge in [-0.2, -0.15) is 0 Å². The molecule has 0 fully saturated rings. The molecule has 1 atom stereocenters. The topological polar surface area (TPSA) is 18.5 Å². The van der Waals surface area contributed by atoms with Gasteiger partial charge in [0.25, 0.3) is 0 Å². The molecule has 0 aromatic rings. The zero-order valence-electron chi connectivity index (χ0n) is 7.25. The Morgan fingerprint density at radius 2 is 2.00 bits per heavy atom. The first-order chi connectivity index (χ1) is 5.28. The molecule has 0 aromatic carbocycles. The average Bonchev–Trinajstić information content (AvgIpc) is 2.07. The molecule has 0 aromatic heterocycles. The van der Waals surface area contributed by atoms with Gasteiger partial charge in [0.1, 0.15) is 16.8 Å². The van der Waals surface area contributed by atoms with Crippen molar-refractivity contribution in [3.05, 3.63) is 25.3 Å². The van der Waals surface area contributed by atoms with Crippen LogP contribution in [0.2, 0.25) is 0 Å². The van der Waals surface area contributed by atoms with E-state index in [4.69, 9.17) is 9.16 Å². The standard InChI is InChI=1S/C8H16O2Si/c1-4-7(5-2)9-8(6-3)10-11/h4-5,7-8H,1-2,6H2,3,11H3. The molecule has 0 amide bonds. The number of hydrogen-bond acceptors (Lipinski definition) is 2. The van der Waals surface area contributed by atoms with Gasteiger partial charge >= 0.3 is 0 Å². The van der Waals surface area contributed by atoms with Gasteiger partial charge in [0.2, 0.25) is 0 Å². The third-order valence-electron chi connectivity index (χ3n) is 1.37. The van der Waals surface area contributed by atoms with Gasteiger partial charge in [-0.05, 0) is 6.42 Å². The summed E-state index contributed by atoms with van der Waals surface area (Å²) >= 11 is 0. The second-order valence-corrected chi connectivity index (χ2v) is 2.62. The minimum absolute atomic E-state index is 0.0890. The van der Waals surface area contributed by atoms with Crippen LogP contribution in [0.4, 0.5) is 0 Å². The maximum atomic E-state index is 5.42. The van der Waals surface area contributed by atoms with Crippen LogP contribution in [0.25, 0.3) is 0 Å². The van der Waals surface area contributed by atoms with Crippen LogP contribution in [-0.2, 0) is 9.16 Å². The van der Waals surface area contributed by atoms with Crippen molar-refractivity contribution in [2.45, 2.75) is 25.7 Å². The summed E-state index contributed by atoms with van der Waals surface area (Å²) in [6, 6.07) is 0. The first-order valence-electron chi connectivity index (χ1n) is 3.71. The molecule has 0 aliphatic heterocycles. The van der Waals surface area contributed by atoms with E-state index >= 15 is 0 Å². The van der Waals surface area contributed by atoms with E-state index in [1.165, 1.54) is 0 Å². The number of ether oxygens (including phenoxy) is 1. The smallest absolute Gasteiger partial charge is 0.149 e. The highest BCUT2D eigenvalue weighted by atomic mass is 28.2. The van der Waals surface area contributed by atoms with E-state index in [0.717, 1.165) is 6.42 Å². The normalized spacial score (nSPS) is 13.3. The second-order valence-electron chi connectivity index (χ2n) is 2.15. The monoisotopic (exact) mass is 172 g/mol. The van der Waals surface area contributed by atoms with E-state index in [1.54, 1.807) is 12.2 Å². The molecule has 0 saturated heterocycles. The fourth-order valence-corrected chi connectivity index (χ4v) is 1.15. The third-order valence-corrected chi connectivity index (χ3v) is 1.90. The summed E-state index contributed by atoms with van der Waals surface area (Å²) in [5, 5.41) is 0. The minimum Gasteiger partial charge on any atom is -0.404 e. The molecular formula is C8H16O2Si. The SMILES string of the molecule is C=CC(C=C)OC(CC)O[SiH3]. The van der Waals surface area contributed by atoms with E-state index < -0.39 is 0 Å². The summed E-state index contributed by atoms with van der Waals surface area (Å²) in [4.78, 5) is 0. The Hall–Kier alpha value is -0.383. The summed E-state index contributed by atoms with van der Waals surface area (Å²) in [5.41, 5.74) is 0. The van der Waals surface area contributed by atoms with Crippen molar-refractivity contribution >= 4 is 10.5 Å². The lowest BCUT2D eigenvalue weighted by Gasteiger charge is -2.18. The molecule has 0 heterocycles.